The van der Waals surface area contributed by atoms with E-state index in [1.54, 1.807) is 32.0 Å². The second-order valence-electron chi connectivity index (χ2n) is 3.54. The summed E-state index contributed by atoms with van der Waals surface area (Å²) in [7, 11) is 0. The number of anilines is 1. The van der Waals surface area contributed by atoms with E-state index in [0.29, 0.717) is 17.9 Å². The molecule has 6 nitrogen and oxygen atoms in total. The molecule has 0 aliphatic rings. The van der Waals surface area contributed by atoms with Crippen molar-refractivity contribution >= 4 is 34.4 Å². The van der Waals surface area contributed by atoms with E-state index < -0.39 is 11.9 Å². The first-order valence-corrected chi connectivity index (χ1v) is 6.39. The van der Waals surface area contributed by atoms with E-state index in [0.717, 1.165) is 0 Å². The summed E-state index contributed by atoms with van der Waals surface area (Å²) >= 11 is 5.63. The standard InChI is InChI=1S/C13H15ClN2O4/c1-3-19-12(17)9-6-5-7-10(8-9)15-16-11(14)13(18)20-4-2/h5-8,15H,3-4H2,1-2H3. The van der Waals surface area contributed by atoms with Gasteiger partial charge in [-0.1, -0.05) is 17.7 Å². The van der Waals surface area contributed by atoms with Crippen molar-refractivity contribution in [3.05, 3.63) is 29.8 Å². The highest BCUT2D eigenvalue weighted by Crippen LogP contribution is 2.12. The van der Waals surface area contributed by atoms with E-state index in [2.05, 4.69) is 15.3 Å². The monoisotopic (exact) mass is 298 g/mol. The van der Waals surface area contributed by atoms with E-state index >= 15 is 0 Å². The van der Waals surface area contributed by atoms with E-state index in [1.807, 2.05) is 0 Å². The van der Waals surface area contributed by atoms with Gasteiger partial charge in [-0.15, -0.1) is 0 Å². The number of nitrogens with one attached hydrogen (secondary N) is 1. The largest absolute Gasteiger partial charge is 0.462 e. The maximum Gasteiger partial charge on any atom is 0.370 e. The minimum absolute atomic E-state index is 0.211. The number of rotatable bonds is 6. The van der Waals surface area contributed by atoms with Gasteiger partial charge >= 0.3 is 11.9 Å². The number of carbonyl (C=O) groups is 2. The van der Waals surface area contributed by atoms with Crippen LogP contribution < -0.4 is 5.43 Å². The number of hydrogen-bond donors (Lipinski definition) is 1. The molecule has 1 rings (SSSR count). The minimum atomic E-state index is -0.719. The Balaban J connectivity index is 2.74. The van der Waals surface area contributed by atoms with E-state index in [-0.39, 0.29) is 11.8 Å². The van der Waals surface area contributed by atoms with Crippen LogP contribution >= 0.6 is 11.6 Å². The number of ether oxygens (including phenoxy) is 2. The van der Waals surface area contributed by atoms with Crippen LogP contribution in [0.25, 0.3) is 0 Å². The van der Waals surface area contributed by atoms with Gasteiger partial charge < -0.3 is 9.47 Å². The third kappa shape index (κ3) is 4.89. The summed E-state index contributed by atoms with van der Waals surface area (Å²) in [5, 5.41) is 3.34. The molecule has 0 aromatic heterocycles. The van der Waals surface area contributed by atoms with Gasteiger partial charge in [0.1, 0.15) is 0 Å². The Labute approximate surface area is 121 Å². The molecule has 0 saturated heterocycles. The van der Waals surface area contributed by atoms with Crippen molar-refractivity contribution in [2.75, 3.05) is 18.6 Å². The summed E-state index contributed by atoms with van der Waals surface area (Å²) < 4.78 is 9.55. The van der Waals surface area contributed by atoms with Gasteiger partial charge in [-0.2, -0.15) is 5.10 Å². The zero-order chi connectivity index (χ0) is 15.0. The molecule has 0 aliphatic carbocycles. The number of benzene rings is 1. The zero-order valence-corrected chi connectivity index (χ0v) is 11.9. The molecule has 1 aromatic rings. The van der Waals surface area contributed by atoms with Gasteiger partial charge in [0.15, 0.2) is 0 Å². The van der Waals surface area contributed by atoms with Crippen LogP contribution in [0.5, 0.6) is 0 Å². The number of nitrogens with zero attached hydrogens (tertiary/aromatic N) is 1. The predicted octanol–water partition coefficient (Wildman–Crippen LogP) is 2.39. The topological polar surface area (TPSA) is 77.0 Å². The lowest BCUT2D eigenvalue weighted by Gasteiger charge is -2.05. The van der Waals surface area contributed by atoms with Crippen molar-refractivity contribution in [3.63, 3.8) is 0 Å². The van der Waals surface area contributed by atoms with Gasteiger partial charge in [0, 0.05) is 0 Å². The Hall–Kier alpha value is -2.08. The molecule has 0 bridgehead atoms. The maximum absolute atomic E-state index is 11.5. The molecule has 0 fully saturated rings. The molecule has 1 aromatic carbocycles. The third-order valence-corrected chi connectivity index (χ3v) is 2.34. The maximum atomic E-state index is 11.5. The van der Waals surface area contributed by atoms with Crippen LogP contribution in [0.2, 0.25) is 0 Å². The summed E-state index contributed by atoms with van der Waals surface area (Å²) in [4.78, 5) is 22.8. The first-order chi connectivity index (χ1) is 9.58. The zero-order valence-electron chi connectivity index (χ0n) is 11.2. The number of halogens is 1. The van der Waals surface area contributed by atoms with Gasteiger partial charge in [0.05, 0.1) is 24.5 Å². The summed E-state index contributed by atoms with van der Waals surface area (Å²) in [6.45, 7) is 3.90. The van der Waals surface area contributed by atoms with Gasteiger partial charge in [0.2, 0.25) is 5.17 Å². The highest BCUT2D eigenvalue weighted by molar-refractivity contribution is 6.82. The van der Waals surface area contributed by atoms with E-state index in [9.17, 15) is 9.59 Å². The summed E-state index contributed by atoms with van der Waals surface area (Å²) in [6.07, 6.45) is 0. The van der Waals surface area contributed by atoms with E-state index in [4.69, 9.17) is 16.3 Å². The summed E-state index contributed by atoms with van der Waals surface area (Å²) in [6, 6.07) is 6.47. The minimum Gasteiger partial charge on any atom is -0.462 e. The fourth-order valence-electron chi connectivity index (χ4n) is 1.28. The SMILES string of the molecule is CCOC(=O)C(Cl)=NNc1cccc(C(=O)OCC)c1. The molecule has 0 spiro atoms. The molecule has 20 heavy (non-hydrogen) atoms. The summed E-state index contributed by atoms with van der Waals surface area (Å²) in [5.41, 5.74) is 3.44. The molecule has 0 radical (unpaired) electrons. The average molecular weight is 299 g/mol. The second-order valence-corrected chi connectivity index (χ2v) is 3.89. The summed E-state index contributed by atoms with van der Waals surface area (Å²) in [5.74, 6) is -1.15. The lowest BCUT2D eigenvalue weighted by molar-refractivity contribution is -0.134. The number of hydrazone groups is 1. The normalized spacial score (nSPS) is 10.8. The predicted molar refractivity (Wildman–Crippen MR) is 75.9 cm³/mol. The second kappa shape index (κ2) is 8.16. The Kier molecular flexibility index (Phi) is 6.52. The van der Waals surface area contributed by atoms with Crippen LogP contribution in [-0.2, 0) is 14.3 Å². The van der Waals surface area contributed by atoms with Gasteiger partial charge in [-0.25, -0.2) is 9.59 Å². The van der Waals surface area contributed by atoms with Gasteiger partial charge in [0.25, 0.3) is 0 Å². The molecule has 1 N–H and O–H groups in total. The number of carbonyl (C=O) groups excluding carboxylic acids is 2. The lowest BCUT2D eigenvalue weighted by atomic mass is 10.2. The Morgan fingerprint density at radius 2 is 1.95 bits per heavy atom. The smallest absolute Gasteiger partial charge is 0.370 e. The number of esters is 2. The molecular formula is C13H15ClN2O4. The van der Waals surface area contributed by atoms with Crippen molar-refractivity contribution in [2.45, 2.75) is 13.8 Å². The molecule has 0 aliphatic heterocycles. The fraction of sp³-hybridized carbons (Fsp3) is 0.308. The molecule has 0 saturated carbocycles. The fourth-order valence-corrected chi connectivity index (χ4v) is 1.38. The highest BCUT2D eigenvalue weighted by atomic mass is 35.5. The van der Waals surface area contributed by atoms with Crippen molar-refractivity contribution in [3.8, 4) is 0 Å². The number of hydrogen-bond acceptors (Lipinski definition) is 6. The van der Waals surface area contributed by atoms with Crippen LogP contribution in [0.3, 0.4) is 0 Å². The van der Waals surface area contributed by atoms with Crippen molar-refractivity contribution in [1.29, 1.82) is 0 Å². The van der Waals surface area contributed by atoms with Crippen LogP contribution in [-0.4, -0.2) is 30.3 Å². The Morgan fingerprint density at radius 1 is 1.25 bits per heavy atom. The first-order valence-electron chi connectivity index (χ1n) is 6.02. The lowest BCUT2D eigenvalue weighted by Crippen LogP contribution is -2.13. The molecule has 0 unspecified atom stereocenters. The molecule has 108 valence electrons. The van der Waals surface area contributed by atoms with Crippen LogP contribution in [0.1, 0.15) is 24.2 Å². The van der Waals surface area contributed by atoms with Crippen LogP contribution in [0, 0.1) is 0 Å². The third-order valence-electron chi connectivity index (χ3n) is 2.10. The molecule has 7 heteroatoms. The van der Waals surface area contributed by atoms with Crippen molar-refractivity contribution in [1.82, 2.24) is 0 Å². The van der Waals surface area contributed by atoms with Gasteiger partial charge in [-0.3, -0.25) is 5.43 Å². The quantitative estimate of drug-likeness (QED) is 0.496. The Bertz CT molecular complexity index is 517. The highest BCUT2D eigenvalue weighted by Gasteiger charge is 2.10. The molecule has 0 heterocycles. The van der Waals surface area contributed by atoms with E-state index in [1.165, 1.54) is 6.07 Å². The molecule has 0 atom stereocenters. The Morgan fingerprint density at radius 3 is 2.60 bits per heavy atom. The van der Waals surface area contributed by atoms with Crippen LogP contribution in [0.4, 0.5) is 5.69 Å². The molecular weight excluding hydrogens is 284 g/mol. The molecule has 0 amide bonds. The van der Waals surface area contributed by atoms with Crippen molar-refractivity contribution in [2.24, 2.45) is 5.10 Å². The van der Waals surface area contributed by atoms with Crippen LogP contribution in [0.15, 0.2) is 29.4 Å². The van der Waals surface area contributed by atoms with Gasteiger partial charge in [-0.05, 0) is 32.0 Å². The first kappa shape index (κ1) is 16.0. The van der Waals surface area contributed by atoms with Crippen molar-refractivity contribution < 1.29 is 19.1 Å². The average Bonchev–Trinajstić information content (AvgIpc) is 2.45.